The molecule has 1 heterocycles. The molecular weight excluding hydrogens is 238 g/mol. The number of carbonyl (C=O) groups excluding carboxylic acids is 1. The van der Waals surface area contributed by atoms with E-state index in [1.807, 2.05) is 7.05 Å². The molecule has 1 aliphatic heterocycles. The van der Waals surface area contributed by atoms with Crippen LogP contribution in [0.3, 0.4) is 0 Å². The van der Waals surface area contributed by atoms with Crippen molar-refractivity contribution in [2.24, 2.45) is 5.73 Å². The summed E-state index contributed by atoms with van der Waals surface area (Å²) in [6.45, 7) is 7.39. The maximum Gasteiger partial charge on any atom is 0.246 e. The second kappa shape index (κ2) is 5.21. The molecule has 104 valence electrons. The second-order valence-corrected chi connectivity index (χ2v) is 5.52. The summed E-state index contributed by atoms with van der Waals surface area (Å²) in [5.41, 5.74) is 9.37. The highest BCUT2D eigenvalue weighted by molar-refractivity contribution is 5.87. The monoisotopic (exact) mass is 261 g/mol. The maximum atomic E-state index is 12.3. The van der Waals surface area contributed by atoms with Gasteiger partial charge in [0.25, 0.3) is 0 Å². The Morgan fingerprint density at radius 3 is 2.68 bits per heavy atom. The first-order valence-electron chi connectivity index (χ1n) is 6.76. The zero-order chi connectivity index (χ0) is 14.2. The van der Waals surface area contributed by atoms with Crippen molar-refractivity contribution < 1.29 is 4.79 Å². The fraction of sp³-hybridized carbons (Fsp3) is 0.533. The van der Waals surface area contributed by atoms with E-state index in [9.17, 15) is 4.79 Å². The van der Waals surface area contributed by atoms with Crippen LogP contribution in [0.15, 0.2) is 18.2 Å². The first-order valence-corrected chi connectivity index (χ1v) is 6.76. The quantitative estimate of drug-likeness (QED) is 0.873. The van der Waals surface area contributed by atoms with Crippen LogP contribution in [-0.2, 0) is 4.79 Å². The average molecular weight is 261 g/mol. The molecule has 0 bridgehead atoms. The highest BCUT2D eigenvalue weighted by Gasteiger charge is 2.36. The van der Waals surface area contributed by atoms with Crippen molar-refractivity contribution in [3.8, 4) is 0 Å². The van der Waals surface area contributed by atoms with Crippen molar-refractivity contribution in [2.45, 2.75) is 32.9 Å². The molecule has 1 aromatic carbocycles. The number of likely N-dealkylation sites (N-methyl/N-ethyl adjacent to an activating group) is 1. The number of benzene rings is 1. The average Bonchev–Trinajstić information content (AvgIpc) is 2.36. The van der Waals surface area contributed by atoms with Gasteiger partial charge in [0.05, 0.1) is 0 Å². The van der Waals surface area contributed by atoms with Gasteiger partial charge >= 0.3 is 0 Å². The van der Waals surface area contributed by atoms with E-state index in [4.69, 9.17) is 5.73 Å². The van der Waals surface area contributed by atoms with Crippen molar-refractivity contribution in [3.63, 3.8) is 0 Å². The molecule has 0 aromatic heterocycles. The Kier molecular flexibility index (Phi) is 3.80. The normalized spacial score (nSPS) is 23.9. The summed E-state index contributed by atoms with van der Waals surface area (Å²) in [5.74, 6) is 0.113. The molecule has 19 heavy (non-hydrogen) atoms. The Morgan fingerprint density at radius 2 is 2.05 bits per heavy atom. The minimum Gasteiger partial charge on any atom is -0.354 e. The lowest BCUT2D eigenvalue weighted by atomic mass is 10.0. The predicted octanol–water partition coefficient (Wildman–Crippen LogP) is 1.30. The minimum absolute atomic E-state index is 0.113. The van der Waals surface area contributed by atoms with Crippen molar-refractivity contribution in [3.05, 3.63) is 29.3 Å². The van der Waals surface area contributed by atoms with Crippen LogP contribution in [0.2, 0.25) is 0 Å². The van der Waals surface area contributed by atoms with Crippen LogP contribution in [0.25, 0.3) is 0 Å². The van der Waals surface area contributed by atoms with Crippen LogP contribution >= 0.6 is 0 Å². The number of piperazine rings is 1. The van der Waals surface area contributed by atoms with Gasteiger partial charge in [-0.05, 0) is 38.0 Å². The second-order valence-electron chi connectivity index (χ2n) is 5.52. The number of aryl methyl sites for hydroxylation is 2. The summed E-state index contributed by atoms with van der Waals surface area (Å²) < 4.78 is 0. The molecule has 1 aliphatic rings. The number of nitrogens with two attached hydrogens (primary N) is 1. The molecule has 1 saturated heterocycles. The summed E-state index contributed by atoms with van der Waals surface area (Å²) in [5, 5.41) is 0. The van der Waals surface area contributed by atoms with Crippen LogP contribution in [0.1, 0.15) is 18.1 Å². The van der Waals surface area contributed by atoms with E-state index in [-0.39, 0.29) is 18.0 Å². The summed E-state index contributed by atoms with van der Waals surface area (Å²) in [6, 6.07) is 6.37. The van der Waals surface area contributed by atoms with Gasteiger partial charge in [0, 0.05) is 31.9 Å². The van der Waals surface area contributed by atoms with Gasteiger partial charge in [0.1, 0.15) is 6.04 Å². The van der Waals surface area contributed by atoms with Crippen LogP contribution in [-0.4, -0.2) is 43.0 Å². The van der Waals surface area contributed by atoms with Gasteiger partial charge in [-0.1, -0.05) is 12.1 Å². The smallest absolute Gasteiger partial charge is 0.246 e. The molecule has 1 aromatic rings. The number of nitrogens with zero attached hydrogens (tertiary/aromatic N) is 2. The van der Waals surface area contributed by atoms with E-state index in [2.05, 4.69) is 43.9 Å². The van der Waals surface area contributed by atoms with Crippen molar-refractivity contribution >= 4 is 11.6 Å². The topological polar surface area (TPSA) is 49.6 Å². The fourth-order valence-corrected chi connectivity index (χ4v) is 2.87. The van der Waals surface area contributed by atoms with E-state index in [0.717, 1.165) is 12.2 Å². The molecule has 0 radical (unpaired) electrons. The van der Waals surface area contributed by atoms with Gasteiger partial charge < -0.3 is 15.5 Å². The van der Waals surface area contributed by atoms with Gasteiger partial charge in [-0.15, -0.1) is 0 Å². The molecule has 2 N–H and O–H groups in total. The van der Waals surface area contributed by atoms with Gasteiger partial charge in [-0.2, -0.15) is 0 Å². The molecule has 4 nitrogen and oxygen atoms in total. The van der Waals surface area contributed by atoms with Gasteiger partial charge in [-0.3, -0.25) is 4.79 Å². The summed E-state index contributed by atoms with van der Waals surface area (Å²) in [6.07, 6.45) is 0. The number of hydrogen-bond acceptors (Lipinski definition) is 3. The molecule has 1 fully saturated rings. The zero-order valence-electron chi connectivity index (χ0n) is 12.2. The zero-order valence-corrected chi connectivity index (χ0v) is 12.2. The van der Waals surface area contributed by atoms with E-state index in [1.54, 1.807) is 4.90 Å². The van der Waals surface area contributed by atoms with Crippen molar-refractivity contribution in [2.75, 3.05) is 25.0 Å². The van der Waals surface area contributed by atoms with Gasteiger partial charge in [0.15, 0.2) is 0 Å². The van der Waals surface area contributed by atoms with Crippen LogP contribution in [0.4, 0.5) is 5.69 Å². The van der Waals surface area contributed by atoms with Crippen molar-refractivity contribution in [1.82, 2.24) is 4.90 Å². The minimum atomic E-state index is -0.255. The largest absolute Gasteiger partial charge is 0.354 e. The summed E-state index contributed by atoms with van der Waals surface area (Å²) in [7, 11) is 1.85. The predicted molar refractivity (Wildman–Crippen MR) is 78.3 cm³/mol. The van der Waals surface area contributed by atoms with E-state index in [1.165, 1.54) is 11.1 Å². The summed E-state index contributed by atoms with van der Waals surface area (Å²) >= 11 is 0. The highest BCUT2D eigenvalue weighted by atomic mass is 16.2. The molecule has 4 heteroatoms. The summed E-state index contributed by atoms with van der Waals surface area (Å²) in [4.78, 5) is 16.3. The van der Waals surface area contributed by atoms with Crippen LogP contribution in [0, 0.1) is 13.8 Å². The SMILES string of the molecule is Cc1ccc(C)c(N2C(C)CN(C)C(=O)C2CN)c1. The number of rotatable bonds is 2. The van der Waals surface area contributed by atoms with Gasteiger partial charge in [0.2, 0.25) is 5.91 Å². The Morgan fingerprint density at radius 1 is 1.37 bits per heavy atom. The molecule has 2 rings (SSSR count). The Balaban J connectivity index is 2.45. The lowest BCUT2D eigenvalue weighted by molar-refractivity contribution is -0.133. The standard InChI is InChI=1S/C15H23N3O/c1-10-5-6-11(2)13(7-10)18-12(3)9-17(4)15(19)14(18)8-16/h5-7,12,14H,8-9,16H2,1-4H3. The Hall–Kier alpha value is -1.55. The first kappa shape index (κ1) is 13.9. The Labute approximate surface area is 115 Å². The Bertz CT molecular complexity index is 486. The molecule has 2 atom stereocenters. The fourth-order valence-electron chi connectivity index (χ4n) is 2.87. The van der Waals surface area contributed by atoms with E-state index >= 15 is 0 Å². The van der Waals surface area contributed by atoms with E-state index < -0.39 is 0 Å². The lowest BCUT2D eigenvalue weighted by Gasteiger charge is -2.45. The molecule has 2 unspecified atom stereocenters. The number of carbonyl (C=O) groups is 1. The lowest BCUT2D eigenvalue weighted by Crippen LogP contribution is -2.62. The maximum absolute atomic E-state index is 12.3. The third-order valence-electron chi connectivity index (χ3n) is 3.88. The molecule has 0 spiro atoms. The highest BCUT2D eigenvalue weighted by Crippen LogP contribution is 2.28. The number of hydrogen-bond donors (Lipinski definition) is 1. The number of anilines is 1. The van der Waals surface area contributed by atoms with Crippen LogP contribution in [0.5, 0.6) is 0 Å². The third-order valence-corrected chi connectivity index (χ3v) is 3.88. The van der Waals surface area contributed by atoms with Gasteiger partial charge in [-0.25, -0.2) is 0 Å². The molecular formula is C15H23N3O. The molecule has 0 saturated carbocycles. The first-order chi connectivity index (χ1) is 8.95. The van der Waals surface area contributed by atoms with E-state index in [0.29, 0.717) is 6.54 Å². The van der Waals surface area contributed by atoms with Crippen molar-refractivity contribution in [1.29, 1.82) is 0 Å². The number of amides is 1. The molecule has 1 amide bonds. The van der Waals surface area contributed by atoms with Crippen LogP contribution < -0.4 is 10.6 Å². The molecule has 0 aliphatic carbocycles. The third kappa shape index (κ3) is 2.45.